The van der Waals surface area contributed by atoms with Gasteiger partial charge in [0.2, 0.25) is 0 Å². The summed E-state index contributed by atoms with van der Waals surface area (Å²) in [5, 5.41) is 7.91. The number of carbonyl (C=O) groups is 1. The summed E-state index contributed by atoms with van der Waals surface area (Å²) in [6.45, 7) is 15.7. The van der Waals surface area contributed by atoms with Crippen molar-refractivity contribution in [2.75, 3.05) is 97.7 Å². The van der Waals surface area contributed by atoms with Crippen LogP contribution in [-0.4, -0.2) is 130 Å². The van der Waals surface area contributed by atoms with Crippen molar-refractivity contribution in [1.29, 1.82) is 0 Å². The standard InChI is InChI=1S/C40H60N6O9SSi2/c1-57(2,27-9-14-42-40(47)54-31-38-36-12-7-5-10-34(36)35-11-6-8-13-37(35)38)55-58(3,4)32-56-39-43-28-33(29-44-39)30-53-26-25-52-24-23-51-22-21-50-20-19-49-18-17-48-16-15-45-46-41/h5-8,10-13,28-29,38H,9,14-27,30-32H2,1-4H3,(H,42,47). The highest BCUT2D eigenvalue weighted by Crippen LogP contribution is 2.44. The number of aromatic nitrogens is 2. The molecule has 15 nitrogen and oxygen atoms in total. The van der Waals surface area contributed by atoms with Crippen molar-refractivity contribution in [1.82, 2.24) is 15.3 Å². The van der Waals surface area contributed by atoms with Crippen LogP contribution in [0.5, 0.6) is 0 Å². The molecule has 1 aromatic heterocycles. The molecule has 0 saturated carbocycles. The Balaban J connectivity index is 0.967. The molecular formula is C40H60N6O9SSi2. The maximum Gasteiger partial charge on any atom is 0.407 e. The van der Waals surface area contributed by atoms with E-state index in [1.54, 1.807) is 24.2 Å². The molecule has 0 saturated heterocycles. The molecular weight excluding hydrogens is 797 g/mol. The van der Waals surface area contributed by atoms with Gasteiger partial charge in [-0.05, 0) is 66.4 Å². The molecule has 1 aliphatic rings. The lowest BCUT2D eigenvalue weighted by atomic mass is 9.98. The third kappa shape index (κ3) is 18.3. The van der Waals surface area contributed by atoms with Gasteiger partial charge >= 0.3 is 6.09 Å². The first-order valence-electron chi connectivity index (χ1n) is 19.9. The van der Waals surface area contributed by atoms with E-state index in [9.17, 15) is 4.79 Å². The summed E-state index contributed by atoms with van der Waals surface area (Å²) in [6, 6.07) is 17.6. The number of benzene rings is 2. The number of hydrogen-bond donors (Lipinski definition) is 1. The van der Waals surface area contributed by atoms with Gasteiger partial charge in [0, 0.05) is 47.3 Å². The van der Waals surface area contributed by atoms with Crippen LogP contribution in [0.25, 0.3) is 21.6 Å². The van der Waals surface area contributed by atoms with Crippen LogP contribution in [0.4, 0.5) is 4.79 Å². The molecule has 318 valence electrons. The second-order valence-corrected chi connectivity index (χ2v) is 24.9. The topological polar surface area (TPSA) is 177 Å². The zero-order chi connectivity index (χ0) is 41.3. The van der Waals surface area contributed by atoms with E-state index in [2.05, 4.69) is 87.9 Å². The minimum absolute atomic E-state index is 0.0495. The maximum atomic E-state index is 12.6. The SMILES string of the molecule is C[Si](C)(CCCNC(=O)OCC1c2ccccc2-c2ccccc21)O[Si](C)(C)CSc1ncc(COCCOCCOCCOCCOCCOCCN=[N+]=[N-])cn1. The molecule has 3 aromatic rings. The predicted octanol–water partition coefficient (Wildman–Crippen LogP) is 7.37. The van der Waals surface area contributed by atoms with E-state index in [0.717, 1.165) is 28.6 Å². The predicted molar refractivity (Wildman–Crippen MR) is 229 cm³/mol. The number of alkyl carbamates (subject to hydrolysis) is 1. The molecule has 0 spiro atoms. The summed E-state index contributed by atoms with van der Waals surface area (Å²) < 4.78 is 45.4. The number of amides is 1. The average molecular weight is 857 g/mol. The molecule has 1 aliphatic carbocycles. The van der Waals surface area contributed by atoms with E-state index in [1.807, 2.05) is 12.1 Å². The molecule has 0 bridgehead atoms. The monoisotopic (exact) mass is 856 g/mol. The highest BCUT2D eigenvalue weighted by molar-refractivity contribution is 8.00. The lowest BCUT2D eigenvalue weighted by Crippen LogP contribution is -2.46. The van der Waals surface area contributed by atoms with Crippen molar-refractivity contribution in [3.05, 3.63) is 88.1 Å². The Morgan fingerprint density at radius 3 is 1.83 bits per heavy atom. The molecule has 58 heavy (non-hydrogen) atoms. The molecule has 2 aromatic carbocycles. The quantitative estimate of drug-likeness (QED) is 0.0129. The Kier molecular flexibility index (Phi) is 21.7. The summed E-state index contributed by atoms with van der Waals surface area (Å²) in [6.07, 6.45) is 4.07. The van der Waals surface area contributed by atoms with Crippen molar-refractivity contribution in [2.24, 2.45) is 5.11 Å². The van der Waals surface area contributed by atoms with Crippen LogP contribution >= 0.6 is 11.8 Å². The fraction of sp³-hybridized carbons (Fsp3) is 0.575. The maximum absolute atomic E-state index is 12.6. The molecule has 0 fully saturated rings. The Morgan fingerprint density at radius 2 is 1.28 bits per heavy atom. The third-order valence-corrected chi connectivity index (χ3v) is 18.7. The highest BCUT2D eigenvalue weighted by Gasteiger charge is 2.33. The molecule has 0 unspecified atom stereocenters. The first kappa shape index (κ1) is 47.3. The molecule has 4 rings (SSSR count). The summed E-state index contributed by atoms with van der Waals surface area (Å²) in [7, 11) is -3.96. The fourth-order valence-electron chi connectivity index (χ4n) is 6.35. The van der Waals surface area contributed by atoms with Gasteiger partial charge in [-0.1, -0.05) is 65.4 Å². The fourth-order valence-corrected chi connectivity index (χ4v) is 16.7. The minimum Gasteiger partial charge on any atom is -0.455 e. The van der Waals surface area contributed by atoms with Gasteiger partial charge in [0.1, 0.15) is 6.61 Å². The van der Waals surface area contributed by atoms with Gasteiger partial charge in [0.05, 0.1) is 79.3 Å². The van der Waals surface area contributed by atoms with E-state index in [0.29, 0.717) is 99.0 Å². The molecule has 18 heteroatoms. The van der Waals surface area contributed by atoms with Crippen LogP contribution in [0.3, 0.4) is 0 Å². The number of nitrogens with zero attached hydrogens (tertiary/aromatic N) is 5. The number of hydrogen-bond acceptors (Lipinski definition) is 13. The zero-order valence-corrected chi connectivity index (χ0v) is 37.2. The van der Waals surface area contributed by atoms with Crippen molar-refractivity contribution in [3.8, 4) is 11.1 Å². The molecule has 0 atom stereocenters. The number of thioether (sulfide) groups is 1. The van der Waals surface area contributed by atoms with E-state index in [-0.39, 0.29) is 12.0 Å². The van der Waals surface area contributed by atoms with Crippen molar-refractivity contribution >= 4 is 34.5 Å². The van der Waals surface area contributed by atoms with Gasteiger partial charge in [-0.3, -0.25) is 0 Å². The number of fused-ring (bicyclic) bond motifs is 3. The summed E-state index contributed by atoms with van der Waals surface area (Å²) in [5.74, 6) is 0.0495. The number of carbonyl (C=O) groups excluding carboxylic acids is 1. The van der Waals surface area contributed by atoms with Crippen molar-refractivity contribution in [3.63, 3.8) is 0 Å². The normalized spacial score (nSPS) is 12.6. The van der Waals surface area contributed by atoms with Gasteiger partial charge < -0.3 is 42.6 Å². The lowest BCUT2D eigenvalue weighted by molar-refractivity contribution is -0.0174. The van der Waals surface area contributed by atoms with Crippen molar-refractivity contribution < 1.29 is 42.1 Å². The average Bonchev–Trinajstić information content (AvgIpc) is 3.53. The van der Waals surface area contributed by atoms with Gasteiger partial charge in [-0.15, -0.1) is 0 Å². The molecule has 1 N–H and O–H groups in total. The summed E-state index contributed by atoms with van der Waals surface area (Å²) in [4.78, 5) is 24.3. The summed E-state index contributed by atoms with van der Waals surface area (Å²) in [5.41, 5.74) is 13.9. The van der Waals surface area contributed by atoms with Crippen LogP contribution in [0.2, 0.25) is 32.2 Å². The number of nitrogens with one attached hydrogen (secondary N) is 1. The van der Waals surface area contributed by atoms with Gasteiger partial charge in [-0.2, -0.15) is 0 Å². The number of azide groups is 1. The van der Waals surface area contributed by atoms with Crippen LogP contribution in [0, 0.1) is 0 Å². The lowest BCUT2D eigenvalue weighted by Gasteiger charge is -2.33. The first-order valence-corrected chi connectivity index (χ1v) is 27.1. The van der Waals surface area contributed by atoms with Gasteiger partial charge in [0.25, 0.3) is 0 Å². The van der Waals surface area contributed by atoms with Gasteiger partial charge in [0.15, 0.2) is 21.8 Å². The Hall–Kier alpha value is -3.40. The van der Waals surface area contributed by atoms with E-state index < -0.39 is 16.6 Å². The minimum atomic E-state index is -2.00. The number of ether oxygens (including phenoxy) is 7. The Labute approximate surface area is 349 Å². The van der Waals surface area contributed by atoms with Crippen LogP contribution in [0.15, 0.2) is 71.2 Å². The first-order chi connectivity index (χ1) is 28.2. The van der Waals surface area contributed by atoms with Gasteiger partial charge in [-0.25, -0.2) is 14.8 Å². The third-order valence-electron chi connectivity index (χ3n) is 8.88. The molecule has 1 heterocycles. The van der Waals surface area contributed by atoms with E-state index >= 15 is 0 Å². The summed E-state index contributed by atoms with van der Waals surface area (Å²) >= 11 is 1.63. The van der Waals surface area contributed by atoms with E-state index in [1.165, 1.54) is 22.3 Å². The molecule has 0 radical (unpaired) electrons. The highest BCUT2D eigenvalue weighted by atomic mass is 32.2. The van der Waals surface area contributed by atoms with Crippen LogP contribution in [0.1, 0.15) is 29.0 Å². The second kappa shape index (κ2) is 26.7. The zero-order valence-electron chi connectivity index (χ0n) is 34.4. The van der Waals surface area contributed by atoms with Crippen molar-refractivity contribution in [2.45, 2.75) is 56.3 Å². The largest absolute Gasteiger partial charge is 0.455 e. The van der Waals surface area contributed by atoms with Crippen LogP contribution in [-0.2, 0) is 43.9 Å². The molecule has 0 aliphatic heterocycles. The van der Waals surface area contributed by atoms with E-state index in [4.69, 9.17) is 42.8 Å². The molecule has 1 amide bonds. The Bertz CT molecular complexity index is 1640. The smallest absolute Gasteiger partial charge is 0.407 e. The Morgan fingerprint density at radius 1 is 0.759 bits per heavy atom. The second-order valence-electron chi connectivity index (χ2n) is 14.7. The number of rotatable bonds is 31. The van der Waals surface area contributed by atoms with Crippen LogP contribution < -0.4 is 5.32 Å².